The average Bonchev–Trinajstić information content (AvgIpc) is 3.17. The van der Waals surface area contributed by atoms with Crippen molar-refractivity contribution in [2.24, 2.45) is 0 Å². The topological polar surface area (TPSA) is 99.2 Å². The minimum atomic E-state index is -4.38. The minimum Gasteiger partial charge on any atom is -0.348 e. The third-order valence-electron chi connectivity index (χ3n) is 6.35. The molecule has 1 aromatic carbocycles. The molecule has 0 radical (unpaired) electrons. The van der Waals surface area contributed by atoms with Gasteiger partial charge in [-0.15, -0.1) is 0 Å². The van der Waals surface area contributed by atoms with Crippen LogP contribution in [0.1, 0.15) is 22.3 Å². The summed E-state index contributed by atoms with van der Waals surface area (Å²) in [5.41, 5.74) is 2.99. The Morgan fingerprint density at radius 2 is 1.90 bits per heavy atom. The largest absolute Gasteiger partial charge is 0.412 e. The fraction of sp³-hybridized carbons (Fsp3) is 0.321. The Balaban J connectivity index is 1.49. The lowest BCUT2D eigenvalue weighted by molar-refractivity contribution is -0.0928. The standard InChI is InChI=1S/C28H31F3N8O/c1-18-8-10-20(26(40)32-15-19-6-5-7-21(11-9-19)28(29,30)31)14-22(18)36-25-24-23(34-17-35-25)16-33-27(37-24)39(4)13-12-38(2)3/h5-10,14,16-17H,11-13,15H2,1-4H3,(H,32,40)(H,34,35,36). The Kier molecular flexibility index (Phi) is 8.78. The molecule has 0 atom stereocenters. The summed E-state index contributed by atoms with van der Waals surface area (Å²) in [4.78, 5) is 34.7. The van der Waals surface area contributed by atoms with Crippen LogP contribution in [0.4, 0.5) is 30.6 Å². The molecule has 1 aliphatic carbocycles. The van der Waals surface area contributed by atoms with E-state index in [2.05, 4.69) is 35.5 Å². The predicted octanol–water partition coefficient (Wildman–Crippen LogP) is 4.57. The number of carbonyl (C=O) groups is 1. The first-order valence-corrected chi connectivity index (χ1v) is 12.6. The van der Waals surface area contributed by atoms with Gasteiger partial charge >= 0.3 is 6.18 Å². The molecule has 2 aromatic heterocycles. The van der Waals surface area contributed by atoms with Crippen LogP contribution < -0.4 is 15.5 Å². The minimum absolute atomic E-state index is 0.0997. The van der Waals surface area contributed by atoms with E-state index in [9.17, 15) is 18.0 Å². The average molecular weight is 553 g/mol. The Bertz CT molecular complexity index is 1480. The van der Waals surface area contributed by atoms with Gasteiger partial charge in [0.15, 0.2) is 5.82 Å². The van der Waals surface area contributed by atoms with Crippen LogP contribution in [0.5, 0.6) is 0 Å². The van der Waals surface area contributed by atoms with Gasteiger partial charge in [-0.25, -0.2) is 19.9 Å². The Morgan fingerprint density at radius 1 is 1.10 bits per heavy atom. The number of alkyl halides is 3. The van der Waals surface area contributed by atoms with Gasteiger partial charge in [-0.2, -0.15) is 13.2 Å². The molecule has 4 rings (SSSR count). The number of hydrogen-bond acceptors (Lipinski definition) is 8. The molecule has 0 bridgehead atoms. The molecular formula is C28H31F3N8O. The highest BCUT2D eigenvalue weighted by atomic mass is 19.4. The van der Waals surface area contributed by atoms with Crippen LogP contribution in [0.25, 0.3) is 11.0 Å². The van der Waals surface area contributed by atoms with E-state index in [1.807, 2.05) is 33.0 Å². The lowest BCUT2D eigenvalue weighted by atomic mass is 10.1. The first-order chi connectivity index (χ1) is 19.0. The normalized spacial score (nSPS) is 13.6. The van der Waals surface area contributed by atoms with Gasteiger partial charge in [0.1, 0.15) is 17.4 Å². The second kappa shape index (κ2) is 12.2. The van der Waals surface area contributed by atoms with Crippen LogP contribution >= 0.6 is 0 Å². The Morgan fingerprint density at radius 3 is 2.65 bits per heavy atom. The number of fused-ring (bicyclic) bond motifs is 1. The van der Waals surface area contributed by atoms with Crippen LogP contribution in [0.15, 0.2) is 66.2 Å². The molecule has 0 saturated heterocycles. The zero-order valence-electron chi connectivity index (χ0n) is 22.8. The van der Waals surface area contributed by atoms with Crippen molar-refractivity contribution in [3.8, 4) is 0 Å². The van der Waals surface area contributed by atoms with Crippen LogP contribution in [0.2, 0.25) is 0 Å². The van der Waals surface area contributed by atoms with Crippen LogP contribution in [0, 0.1) is 6.92 Å². The second-order valence-corrected chi connectivity index (χ2v) is 9.72. The molecule has 2 N–H and O–H groups in total. The van der Waals surface area contributed by atoms with Gasteiger partial charge < -0.3 is 20.4 Å². The highest BCUT2D eigenvalue weighted by Gasteiger charge is 2.32. The lowest BCUT2D eigenvalue weighted by Gasteiger charge is -2.20. The number of aromatic nitrogens is 4. The number of rotatable bonds is 9. The SMILES string of the molecule is Cc1ccc(C(=O)NCC2=CCC(C(F)(F)F)=CC=C2)cc1Nc1ncnc2cnc(N(C)CCN(C)C)nc12. The van der Waals surface area contributed by atoms with Gasteiger partial charge in [-0.1, -0.05) is 30.4 Å². The molecule has 1 aliphatic rings. The molecule has 0 aliphatic heterocycles. The van der Waals surface area contributed by atoms with Crippen molar-refractivity contribution in [1.82, 2.24) is 30.2 Å². The summed E-state index contributed by atoms with van der Waals surface area (Å²) in [5, 5.41) is 6.06. The third kappa shape index (κ3) is 7.20. The van der Waals surface area contributed by atoms with E-state index in [-0.39, 0.29) is 18.9 Å². The molecule has 0 spiro atoms. The number of amides is 1. The molecule has 1 amide bonds. The molecule has 2 heterocycles. The highest BCUT2D eigenvalue weighted by Crippen LogP contribution is 2.30. The quantitative estimate of drug-likeness (QED) is 0.398. The maximum Gasteiger partial charge on any atom is 0.412 e. The van der Waals surface area contributed by atoms with Crippen molar-refractivity contribution in [1.29, 1.82) is 0 Å². The van der Waals surface area contributed by atoms with Crippen LogP contribution in [0.3, 0.4) is 0 Å². The molecular weight excluding hydrogens is 521 g/mol. The van der Waals surface area contributed by atoms with E-state index in [1.54, 1.807) is 30.5 Å². The van der Waals surface area contributed by atoms with Crippen molar-refractivity contribution in [3.05, 3.63) is 77.3 Å². The van der Waals surface area contributed by atoms with Crippen molar-refractivity contribution >= 4 is 34.4 Å². The van der Waals surface area contributed by atoms with Gasteiger partial charge in [-0.3, -0.25) is 4.79 Å². The number of carbonyl (C=O) groups excluding carboxylic acids is 1. The van der Waals surface area contributed by atoms with E-state index in [1.165, 1.54) is 18.5 Å². The van der Waals surface area contributed by atoms with Gasteiger partial charge in [0.05, 0.1) is 6.20 Å². The molecule has 9 nitrogen and oxygen atoms in total. The lowest BCUT2D eigenvalue weighted by Crippen LogP contribution is -2.29. The molecule has 12 heteroatoms. The van der Waals surface area contributed by atoms with E-state index in [4.69, 9.17) is 0 Å². The summed E-state index contributed by atoms with van der Waals surface area (Å²) in [6.07, 6.45) is 3.88. The fourth-order valence-electron chi connectivity index (χ4n) is 3.89. The maximum absolute atomic E-state index is 13.0. The summed E-state index contributed by atoms with van der Waals surface area (Å²) in [5.74, 6) is 0.652. The number of allylic oxidation sites excluding steroid dienone is 4. The van der Waals surface area contributed by atoms with Gasteiger partial charge in [0, 0.05) is 43.5 Å². The van der Waals surface area contributed by atoms with Gasteiger partial charge in [0.2, 0.25) is 5.95 Å². The summed E-state index contributed by atoms with van der Waals surface area (Å²) in [6, 6.07) is 5.19. The van der Waals surface area contributed by atoms with Gasteiger partial charge in [0.25, 0.3) is 5.91 Å². The van der Waals surface area contributed by atoms with Crippen LogP contribution in [-0.2, 0) is 0 Å². The summed E-state index contributed by atoms with van der Waals surface area (Å²) >= 11 is 0. The zero-order valence-corrected chi connectivity index (χ0v) is 22.8. The van der Waals surface area contributed by atoms with Gasteiger partial charge in [-0.05, 0) is 50.7 Å². The molecule has 0 saturated carbocycles. The molecule has 0 fully saturated rings. The number of nitrogens with one attached hydrogen (secondary N) is 2. The Labute approximate surface area is 230 Å². The first kappa shape index (κ1) is 28.7. The summed E-state index contributed by atoms with van der Waals surface area (Å²) in [6.45, 7) is 3.57. The molecule has 3 aromatic rings. The number of benzene rings is 1. The van der Waals surface area contributed by atoms with E-state index < -0.39 is 11.7 Å². The number of anilines is 3. The van der Waals surface area contributed by atoms with Crippen molar-refractivity contribution in [3.63, 3.8) is 0 Å². The van der Waals surface area contributed by atoms with E-state index in [0.717, 1.165) is 24.7 Å². The second-order valence-electron chi connectivity index (χ2n) is 9.72. The molecule has 210 valence electrons. The number of aryl methyl sites for hydroxylation is 1. The zero-order chi connectivity index (χ0) is 28.9. The highest BCUT2D eigenvalue weighted by molar-refractivity contribution is 5.96. The number of nitrogens with zero attached hydrogens (tertiary/aromatic N) is 6. The Hall–Kier alpha value is -4.32. The number of halogens is 3. The number of hydrogen-bond donors (Lipinski definition) is 2. The predicted molar refractivity (Wildman–Crippen MR) is 150 cm³/mol. The summed E-state index contributed by atoms with van der Waals surface area (Å²) in [7, 11) is 5.91. The van der Waals surface area contributed by atoms with Crippen molar-refractivity contribution in [2.75, 3.05) is 51.0 Å². The van der Waals surface area contributed by atoms with Crippen LogP contribution in [-0.4, -0.2) is 77.7 Å². The fourth-order valence-corrected chi connectivity index (χ4v) is 3.89. The van der Waals surface area contributed by atoms with Crippen molar-refractivity contribution < 1.29 is 18.0 Å². The van der Waals surface area contributed by atoms with Crippen molar-refractivity contribution in [2.45, 2.75) is 19.5 Å². The monoisotopic (exact) mass is 552 g/mol. The third-order valence-corrected chi connectivity index (χ3v) is 6.35. The molecule has 0 unspecified atom stereocenters. The summed E-state index contributed by atoms with van der Waals surface area (Å²) < 4.78 is 39.0. The smallest absolute Gasteiger partial charge is 0.348 e. The van der Waals surface area contributed by atoms with E-state index >= 15 is 0 Å². The maximum atomic E-state index is 13.0. The van der Waals surface area contributed by atoms with E-state index in [0.29, 0.717) is 39.6 Å². The molecule has 40 heavy (non-hydrogen) atoms. The first-order valence-electron chi connectivity index (χ1n) is 12.6. The number of likely N-dealkylation sites (N-methyl/N-ethyl adjacent to an activating group) is 2.